The SMILES string of the molecule is O=C(c1cnn2c1OCCC2)N1CC(n2cc(Br)cn2)C1. The summed E-state index contributed by atoms with van der Waals surface area (Å²) in [5.74, 6) is 0.595. The summed E-state index contributed by atoms with van der Waals surface area (Å²) in [6, 6.07) is 0.243. The smallest absolute Gasteiger partial charge is 0.261 e. The van der Waals surface area contributed by atoms with Crippen molar-refractivity contribution in [1.82, 2.24) is 24.5 Å². The lowest BCUT2D eigenvalue weighted by molar-refractivity contribution is 0.0495. The molecular formula is C13H14BrN5O2. The minimum Gasteiger partial charge on any atom is -0.477 e. The van der Waals surface area contributed by atoms with E-state index in [1.807, 2.05) is 10.9 Å². The maximum absolute atomic E-state index is 12.5. The zero-order chi connectivity index (χ0) is 14.4. The van der Waals surface area contributed by atoms with Gasteiger partial charge in [0.05, 0.1) is 29.5 Å². The molecule has 0 radical (unpaired) electrons. The molecule has 2 aliphatic rings. The fraction of sp³-hybridized carbons (Fsp3) is 0.462. The van der Waals surface area contributed by atoms with Gasteiger partial charge < -0.3 is 9.64 Å². The van der Waals surface area contributed by atoms with Crippen molar-refractivity contribution in [3.8, 4) is 5.88 Å². The van der Waals surface area contributed by atoms with Crippen LogP contribution in [-0.2, 0) is 6.54 Å². The number of carbonyl (C=O) groups is 1. The van der Waals surface area contributed by atoms with Crippen LogP contribution < -0.4 is 4.74 Å². The maximum atomic E-state index is 12.5. The second kappa shape index (κ2) is 4.87. The van der Waals surface area contributed by atoms with Crippen molar-refractivity contribution in [3.63, 3.8) is 0 Å². The molecule has 8 heteroatoms. The molecule has 110 valence electrons. The lowest BCUT2D eigenvalue weighted by Gasteiger charge is -2.39. The third-order valence-electron chi connectivity index (χ3n) is 3.87. The molecule has 0 unspecified atom stereocenters. The molecule has 2 aliphatic heterocycles. The van der Waals surface area contributed by atoms with Crippen LogP contribution in [0.2, 0.25) is 0 Å². The summed E-state index contributed by atoms with van der Waals surface area (Å²) >= 11 is 3.38. The summed E-state index contributed by atoms with van der Waals surface area (Å²) < 4.78 is 10.2. The van der Waals surface area contributed by atoms with Crippen LogP contribution >= 0.6 is 15.9 Å². The van der Waals surface area contributed by atoms with Gasteiger partial charge in [-0.3, -0.25) is 9.48 Å². The van der Waals surface area contributed by atoms with Crippen LogP contribution in [-0.4, -0.2) is 50.1 Å². The number of carbonyl (C=O) groups excluding carboxylic acids is 1. The Hall–Kier alpha value is -1.83. The first-order chi connectivity index (χ1) is 10.2. The van der Waals surface area contributed by atoms with E-state index in [9.17, 15) is 4.79 Å². The molecule has 2 aromatic heterocycles. The molecule has 1 saturated heterocycles. The molecule has 1 amide bonds. The van der Waals surface area contributed by atoms with Crippen LogP contribution in [0.15, 0.2) is 23.1 Å². The van der Waals surface area contributed by atoms with Crippen molar-refractivity contribution < 1.29 is 9.53 Å². The Bertz CT molecular complexity index is 689. The number of rotatable bonds is 2. The van der Waals surface area contributed by atoms with Crippen molar-refractivity contribution in [3.05, 3.63) is 28.6 Å². The van der Waals surface area contributed by atoms with Crippen LogP contribution in [0, 0.1) is 0 Å². The van der Waals surface area contributed by atoms with Gasteiger partial charge >= 0.3 is 0 Å². The molecule has 4 rings (SSSR count). The van der Waals surface area contributed by atoms with E-state index in [2.05, 4.69) is 26.1 Å². The molecule has 7 nitrogen and oxygen atoms in total. The zero-order valence-corrected chi connectivity index (χ0v) is 12.9. The molecule has 0 spiro atoms. The van der Waals surface area contributed by atoms with Gasteiger partial charge in [0.1, 0.15) is 5.56 Å². The van der Waals surface area contributed by atoms with E-state index >= 15 is 0 Å². The predicted molar refractivity (Wildman–Crippen MR) is 77.2 cm³/mol. The third kappa shape index (κ3) is 2.14. The normalized spacial score (nSPS) is 18.0. The predicted octanol–water partition coefficient (Wildman–Crippen LogP) is 1.32. The fourth-order valence-corrected chi connectivity index (χ4v) is 2.99. The highest BCUT2D eigenvalue weighted by Crippen LogP contribution is 2.28. The largest absolute Gasteiger partial charge is 0.477 e. The van der Waals surface area contributed by atoms with Crippen LogP contribution in [0.1, 0.15) is 22.8 Å². The Balaban J connectivity index is 1.46. The topological polar surface area (TPSA) is 65.2 Å². The Morgan fingerprint density at radius 2 is 2.19 bits per heavy atom. The Kier molecular flexibility index (Phi) is 2.99. The van der Waals surface area contributed by atoms with Crippen LogP contribution in [0.4, 0.5) is 0 Å². The molecule has 0 aliphatic carbocycles. The summed E-state index contributed by atoms with van der Waals surface area (Å²) in [4.78, 5) is 14.3. The van der Waals surface area contributed by atoms with E-state index in [-0.39, 0.29) is 11.9 Å². The van der Waals surface area contributed by atoms with Crippen molar-refractivity contribution >= 4 is 21.8 Å². The third-order valence-corrected chi connectivity index (χ3v) is 4.28. The number of fused-ring (bicyclic) bond motifs is 1. The number of nitrogens with zero attached hydrogens (tertiary/aromatic N) is 5. The molecule has 0 saturated carbocycles. The molecular weight excluding hydrogens is 338 g/mol. The summed E-state index contributed by atoms with van der Waals surface area (Å²) in [6.45, 7) is 2.79. The van der Waals surface area contributed by atoms with Crippen LogP contribution in [0.5, 0.6) is 5.88 Å². The first-order valence-corrected chi connectivity index (χ1v) is 7.69. The summed E-state index contributed by atoms with van der Waals surface area (Å²) in [7, 11) is 0. The van der Waals surface area contributed by atoms with E-state index in [1.165, 1.54) is 0 Å². The minimum atomic E-state index is -0.0133. The molecule has 1 fully saturated rings. The highest BCUT2D eigenvalue weighted by atomic mass is 79.9. The van der Waals surface area contributed by atoms with Gasteiger partial charge in [-0.1, -0.05) is 0 Å². The Morgan fingerprint density at radius 3 is 2.95 bits per heavy atom. The van der Waals surface area contributed by atoms with Crippen LogP contribution in [0.25, 0.3) is 0 Å². The Labute approximate surface area is 129 Å². The molecule has 21 heavy (non-hydrogen) atoms. The van der Waals surface area contributed by atoms with Gasteiger partial charge in [0.2, 0.25) is 5.88 Å². The van der Waals surface area contributed by atoms with E-state index < -0.39 is 0 Å². The standard InChI is InChI=1S/C13H14BrN5O2/c14-9-4-15-19(6-9)10-7-17(8-10)12(20)11-5-16-18-2-1-3-21-13(11)18/h4-6,10H,1-3,7-8H2. The number of ether oxygens (including phenoxy) is 1. The molecule has 0 N–H and O–H groups in total. The first-order valence-electron chi connectivity index (χ1n) is 6.90. The van der Waals surface area contributed by atoms with E-state index in [0.717, 1.165) is 17.4 Å². The number of likely N-dealkylation sites (tertiary alicyclic amines) is 1. The highest BCUT2D eigenvalue weighted by molar-refractivity contribution is 9.10. The van der Waals surface area contributed by atoms with Gasteiger partial charge in [-0.2, -0.15) is 10.2 Å². The average Bonchev–Trinajstić information content (AvgIpc) is 3.03. The van der Waals surface area contributed by atoms with Gasteiger partial charge in [-0.25, -0.2) is 4.68 Å². The molecule has 0 aromatic carbocycles. The molecule has 0 bridgehead atoms. The number of hydrogen-bond acceptors (Lipinski definition) is 4. The number of aromatic nitrogens is 4. The lowest BCUT2D eigenvalue weighted by Crippen LogP contribution is -2.50. The average molecular weight is 352 g/mol. The van der Waals surface area contributed by atoms with Crippen LogP contribution in [0.3, 0.4) is 0 Å². The second-order valence-corrected chi connectivity index (χ2v) is 6.21. The fourth-order valence-electron chi connectivity index (χ4n) is 2.69. The quantitative estimate of drug-likeness (QED) is 0.818. The number of halogens is 1. The number of hydrogen-bond donors (Lipinski definition) is 0. The van der Waals surface area contributed by atoms with Gasteiger partial charge in [0, 0.05) is 32.3 Å². The maximum Gasteiger partial charge on any atom is 0.261 e. The van der Waals surface area contributed by atoms with Crippen molar-refractivity contribution in [2.24, 2.45) is 0 Å². The van der Waals surface area contributed by atoms with Crippen molar-refractivity contribution in [2.75, 3.05) is 19.7 Å². The number of amides is 1. The van der Waals surface area contributed by atoms with E-state index in [4.69, 9.17) is 4.74 Å². The number of aryl methyl sites for hydroxylation is 1. The van der Waals surface area contributed by atoms with E-state index in [1.54, 1.807) is 22.0 Å². The minimum absolute atomic E-state index is 0.0133. The molecule has 0 atom stereocenters. The molecule has 4 heterocycles. The van der Waals surface area contributed by atoms with Crippen molar-refractivity contribution in [1.29, 1.82) is 0 Å². The highest BCUT2D eigenvalue weighted by Gasteiger charge is 2.35. The van der Waals surface area contributed by atoms with Gasteiger partial charge in [0.15, 0.2) is 0 Å². The summed E-state index contributed by atoms with van der Waals surface area (Å²) in [5.41, 5.74) is 0.565. The second-order valence-electron chi connectivity index (χ2n) is 5.29. The summed E-state index contributed by atoms with van der Waals surface area (Å²) in [6.07, 6.45) is 6.23. The van der Waals surface area contributed by atoms with Gasteiger partial charge in [-0.05, 0) is 15.9 Å². The first kappa shape index (κ1) is 12.9. The van der Waals surface area contributed by atoms with Gasteiger partial charge in [0.25, 0.3) is 5.91 Å². The monoisotopic (exact) mass is 351 g/mol. The van der Waals surface area contributed by atoms with Gasteiger partial charge in [-0.15, -0.1) is 0 Å². The zero-order valence-electron chi connectivity index (χ0n) is 11.3. The molecule has 2 aromatic rings. The van der Waals surface area contributed by atoms with E-state index in [0.29, 0.717) is 31.1 Å². The lowest BCUT2D eigenvalue weighted by atomic mass is 10.1. The Morgan fingerprint density at radius 1 is 1.33 bits per heavy atom. The van der Waals surface area contributed by atoms with Crippen molar-refractivity contribution in [2.45, 2.75) is 19.0 Å². The summed E-state index contributed by atoms with van der Waals surface area (Å²) in [5, 5.41) is 8.47.